The summed E-state index contributed by atoms with van der Waals surface area (Å²) in [6.07, 6.45) is 5.84. The quantitative estimate of drug-likeness (QED) is 0.381. The summed E-state index contributed by atoms with van der Waals surface area (Å²) in [5.74, 6) is 1.92. The van der Waals surface area contributed by atoms with E-state index in [1.54, 1.807) is 29.2 Å². The van der Waals surface area contributed by atoms with Gasteiger partial charge in [0.15, 0.2) is 11.5 Å². The molecule has 0 atom stereocenters. The molecule has 0 aliphatic carbocycles. The number of nitrogens with zero attached hydrogens (tertiary/aromatic N) is 4. The summed E-state index contributed by atoms with van der Waals surface area (Å²) in [6.45, 7) is 1.65. The van der Waals surface area contributed by atoms with Gasteiger partial charge in [-0.25, -0.2) is 9.97 Å². The standard InChI is InChI=1S/C32H30N4O5/c1-35-9-10-36(31(37)16-23-5-7-29-30(15-23)41-21-40-29)11-12-39-28-8-6-24(27-18-33-20-34-19-27)17-26(28)14-22-3-2-4-25(13-22)32(35)38/h2-8,13,15,17-20H,9-12,14,16,21H2,1H3. The number of rotatable bonds is 3. The Labute approximate surface area is 238 Å². The molecule has 3 heterocycles. The van der Waals surface area contributed by atoms with Crippen molar-refractivity contribution in [3.8, 4) is 28.4 Å². The van der Waals surface area contributed by atoms with E-state index in [2.05, 4.69) is 16.0 Å². The Kier molecular flexibility index (Phi) is 7.49. The van der Waals surface area contributed by atoms with Gasteiger partial charge in [0.2, 0.25) is 12.7 Å². The van der Waals surface area contributed by atoms with Crippen LogP contribution in [0.4, 0.5) is 0 Å². The average Bonchev–Trinajstić information content (AvgIpc) is 3.47. The van der Waals surface area contributed by atoms with Crippen LogP contribution in [-0.4, -0.2) is 71.7 Å². The number of carbonyl (C=O) groups excluding carboxylic acids is 2. The molecule has 41 heavy (non-hydrogen) atoms. The molecule has 2 aliphatic rings. The maximum atomic E-state index is 13.5. The summed E-state index contributed by atoms with van der Waals surface area (Å²) in [6, 6.07) is 19.2. The van der Waals surface area contributed by atoms with E-state index in [1.807, 2.05) is 54.6 Å². The van der Waals surface area contributed by atoms with Crippen LogP contribution in [0.2, 0.25) is 0 Å². The summed E-state index contributed by atoms with van der Waals surface area (Å²) >= 11 is 0. The fourth-order valence-electron chi connectivity index (χ4n) is 5.08. The molecule has 0 saturated carbocycles. The van der Waals surface area contributed by atoms with Gasteiger partial charge in [0.25, 0.3) is 5.91 Å². The first-order valence-electron chi connectivity index (χ1n) is 13.6. The lowest BCUT2D eigenvalue weighted by Gasteiger charge is -2.27. The summed E-state index contributed by atoms with van der Waals surface area (Å²) in [5, 5.41) is 0. The second kappa shape index (κ2) is 11.7. The van der Waals surface area contributed by atoms with E-state index >= 15 is 0 Å². The first-order valence-corrected chi connectivity index (χ1v) is 13.6. The minimum Gasteiger partial charge on any atom is -0.491 e. The molecule has 2 amide bonds. The highest BCUT2D eigenvalue weighted by Crippen LogP contribution is 2.33. The van der Waals surface area contributed by atoms with E-state index < -0.39 is 0 Å². The second-order valence-electron chi connectivity index (χ2n) is 10.1. The second-order valence-corrected chi connectivity index (χ2v) is 10.1. The Morgan fingerprint density at radius 3 is 2.54 bits per heavy atom. The van der Waals surface area contributed by atoms with Gasteiger partial charge in [-0.15, -0.1) is 0 Å². The van der Waals surface area contributed by atoms with Crippen LogP contribution in [0.1, 0.15) is 27.0 Å². The van der Waals surface area contributed by atoms with Gasteiger partial charge in [-0.05, 0) is 58.7 Å². The maximum absolute atomic E-state index is 13.5. The van der Waals surface area contributed by atoms with Crippen LogP contribution in [0.25, 0.3) is 11.1 Å². The van der Waals surface area contributed by atoms with Crippen molar-refractivity contribution in [3.05, 3.63) is 102 Å². The van der Waals surface area contributed by atoms with Crippen molar-refractivity contribution in [2.45, 2.75) is 12.8 Å². The van der Waals surface area contributed by atoms with Gasteiger partial charge in [0.05, 0.1) is 13.0 Å². The van der Waals surface area contributed by atoms with Crippen molar-refractivity contribution in [3.63, 3.8) is 0 Å². The molecule has 9 nitrogen and oxygen atoms in total. The number of hydrogen-bond donors (Lipinski definition) is 0. The largest absolute Gasteiger partial charge is 0.491 e. The van der Waals surface area contributed by atoms with E-state index in [0.717, 1.165) is 33.6 Å². The van der Waals surface area contributed by atoms with Crippen molar-refractivity contribution in [2.24, 2.45) is 0 Å². The lowest BCUT2D eigenvalue weighted by atomic mass is 9.98. The molecule has 4 aromatic rings. The van der Waals surface area contributed by atoms with E-state index in [0.29, 0.717) is 49.7 Å². The van der Waals surface area contributed by atoms with Gasteiger partial charge in [-0.1, -0.05) is 24.3 Å². The summed E-state index contributed by atoms with van der Waals surface area (Å²) in [5.41, 5.74) is 5.30. The van der Waals surface area contributed by atoms with Gasteiger partial charge in [-0.3, -0.25) is 9.59 Å². The zero-order valence-corrected chi connectivity index (χ0v) is 22.8. The van der Waals surface area contributed by atoms with E-state index in [-0.39, 0.29) is 25.0 Å². The molecule has 3 aromatic carbocycles. The third kappa shape index (κ3) is 5.99. The molecule has 0 N–H and O–H groups in total. The Hall–Kier alpha value is -4.92. The number of fused-ring (bicyclic) bond motifs is 4. The van der Waals surface area contributed by atoms with Crippen molar-refractivity contribution in [1.82, 2.24) is 19.8 Å². The number of hydrogen-bond acceptors (Lipinski definition) is 7. The van der Waals surface area contributed by atoms with Crippen molar-refractivity contribution in [1.29, 1.82) is 0 Å². The van der Waals surface area contributed by atoms with Crippen LogP contribution >= 0.6 is 0 Å². The number of carbonyl (C=O) groups is 2. The van der Waals surface area contributed by atoms with E-state index in [1.165, 1.54) is 6.33 Å². The predicted molar refractivity (Wildman–Crippen MR) is 152 cm³/mol. The van der Waals surface area contributed by atoms with Crippen LogP contribution in [0.3, 0.4) is 0 Å². The lowest BCUT2D eigenvalue weighted by molar-refractivity contribution is -0.131. The molecule has 2 aliphatic heterocycles. The fourth-order valence-corrected chi connectivity index (χ4v) is 5.08. The Morgan fingerprint density at radius 1 is 0.829 bits per heavy atom. The van der Waals surface area contributed by atoms with Crippen LogP contribution in [0.5, 0.6) is 17.2 Å². The highest BCUT2D eigenvalue weighted by Gasteiger charge is 2.21. The topological polar surface area (TPSA) is 94.1 Å². The molecule has 208 valence electrons. The molecular formula is C32H30N4O5. The molecular weight excluding hydrogens is 520 g/mol. The van der Waals surface area contributed by atoms with Gasteiger partial charge in [-0.2, -0.15) is 0 Å². The summed E-state index contributed by atoms with van der Waals surface area (Å²) < 4.78 is 17.2. The van der Waals surface area contributed by atoms with Crippen LogP contribution in [0, 0.1) is 0 Å². The normalized spacial score (nSPS) is 15.1. The van der Waals surface area contributed by atoms with Crippen LogP contribution in [-0.2, 0) is 17.6 Å². The molecule has 0 fully saturated rings. The van der Waals surface area contributed by atoms with Gasteiger partial charge >= 0.3 is 0 Å². The van der Waals surface area contributed by atoms with Gasteiger partial charge in [0, 0.05) is 50.1 Å². The molecule has 0 spiro atoms. The Balaban J connectivity index is 1.28. The zero-order chi connectivity index (χ0) is 28.2. The summed E-state index contributed by atoms with van der Waals surface area (Å²) in [4.78, 5) is 38.5. The third-order valence-electron chi connectivity index (χ3n) is 7.34. The Bertz CT molecular complexity index is 1580. The zero-order valence-electron chi connectivity index (χ0n) is 22.8. The number of amides is 2. The lowest BCUT2D eigenvalue weighted by Crippen LogP contribution is -2.42. The number of ether oxygens (including phenoxy) is 3. The average molecular weight is 551 g/mol. The minimum atomic E-state index is -0.0845. The molecule has 9 heteroatoms. The van der Waals surface area contributed by atoms with Gasteiger partial charge < -0.3 is 24.0 Å². The SMILES string of the molecule is CN1CCN(C(=O)Cc2ccc3c(c2)OCO3)CCOc2ccc(-c3cncnc3)cc2Cc2cccc(c2)C1=O. The summed E-state index contributed by atoms with van der Waals surface area (Å²) in [7, 11) is 1.77. The van der Waals surface area contributed by atoms with Crippen LogP contribution in [0.15, 0.2) is 79.4 Å². The minimum absolute atomic E-state index is 0.0537. The highest BCUT2D eigenvalue weighted by molar-refractivity contribution is 5.94. The molecule has 0 saturated heterocycles. The fraction of sp³-hybridized carbons (Fsp3) is 0.250. The highest BCUT2D eigenvalue weighted by atomic mass is 16.7. The van der Waals surface area contributed by atoms with Crippen LogP contribution < -0.4 is 14.2 Å². The van der Waals surface area contributed by atoms with E-state index in [9.17, 15) is 9.59 Å². The van der Waals surface area contributed by atoms with E-state index in [4.69, 9.17) is 14.2 Å². The molecule has 1 aromatic heterocycles. The van der Waals surface area contributed by atoms with Gasteiger partial charge in [0.1, 0.15) is 18.7 Å². The monoisotopic (exact) mass is 550 g/mol. The van der Waals surface area contributed by atoms with Crippen molar-refractivity contribution in [2.75, 3.05) is 40.1 Å². The molecule has 0 radical (unpaired) electrons. The first kappa shape index (κ1) is 26.3. The van der Waals surface area contributed by atoms with Crippen molar-refractivity contribution >= 4 is 11.8 Å². The number of benzene rings is 3. The van der Waals surface area contributed by atoms with Crippen molar-refractivity contribution < 1.29 is 23.8 Å². The molecule has 6 rings (SSSR count). The molecule has 2 bridgehead atoms. The first-order chi connectivity index (χ1) is 20.0. The maximum Gasteiger partial charge on any atom is 0.253 e. The number of aromatic nitrogens is 2. The third-order valence-corrected chi connectivity index (χ3v) is 7.34. The molecule has 0 unspecified atom stereocenters. The predicted octanol–water partition coefficient (Wildman–Crippen LogP) is 4.00. The Morgan fingerprint density at radius 2 is 1.66 bits per heavy atom. The number of likely N-dealkylation sites (N-methyl/N-ethyl adjacent to an activating group) is 1. The smallest absolute Gasteiger partial charge is 0.253 e.